The third kappa shape index (κ3) is 4.07. The highest BCUT2D eigenvalue weighted by Gasteiger charge is 2.27. The second-order valence-electron chi connectivity index (χ2n) is 4.38. The van der Waals surface area contributed by atoms with Gasteiger partial charge >= 0.3 is 5.97 Å². The highest BCUT2D eigenvalue weighted by atomic mass is 79.9. The van der Waals surface area contributed by atoms with E-state index in [1.54, 1.807) is 6.07 Å². The summed E-state index contributed by atoms with van der Waals surface area (Å²) in [4.78, 5) is 22.2. The number of carboxylic acid groups (broad SMARTS) is 1. The molecule has 0 spiro atoms. The van der Waals surface area contributed by atoms with Crippen molar-refractivity contribution in [1.29, 1.82) is 0 Å². The van der Waals surface area contributed by atoms with Gasteiger partial charge in [-0.25, -0.2) is 4.79 Å². The summed E-state index contributed by atoms with van der Waals surface area (Å²) in [5, 5.41) is 11.1. The Morgan fingerprint density at radius 1 is 1.53 bits per heavy atom. The van der Waals surface area contributed by atoms with Crippen LogP contribution in [-0.2, 0) is 9.53 Å². The van der Waals surface area contributed by atoms with Gasteiger partial charge in [-0.2, -0.15) is 0 Å². The van der Waals surface area contributed by atoms with E-state index < -0.39 is 5.97 Å². The third-order valence-electron chi connectivity index (χ3n) is 2.75. The van der Waals surface area contributed by atoms with Gasteiger partial charge in [0.2, 0.25) is 0 Å². The summed E-state index contributed by atoms with van der Waals surface area (Å²) in [5.74, 6) is -1.19. The van der Waals surface area contributed by atoms with E-state index in [4.69, 9.17) is 9.84 Å². The molecule has 104 valence electrons. The van der Waals surface area contributed by atoms with Gasteiger partial charge in [-0.1, -0.05) is 0 Å². The van der Waals surface area contributed by atoms with Gasteiger partial charge in [0.25, 0.3) is 5.91 Å². The van der Waals surface area contributed by atoms with E-state index in [0.717, 1.165) is 17.3 Å². The minimum Gasteiger partial charge on any atom is -0.480 e. The lowest BCUT2D eigenvalue weighted by molar-refractivity contribution is -0.142. The zero-order valence-corrected chi connectivity index (χ0v) is 11.9. The molecule has 0 saturated heterocycles. The molecular weight excluding hydrogens is 316 g/mol. The van der Waals surface area contributed by atoms with Gasteiger partial charge in [-0.05, 0) is 34.8 Å². The Labute approximate surface area is 118 Å². The predicted octanol–water partition coefficient (Wildman–Crippen LogP) is 1.42. The number of aliphatic carboxylic acids is 1. The molecule has 7 heteroatoms. The van der Waals surface area contributed by atoms with Gasteiger partial charge in [-0.3, -0.25) is 4.79 Å². The maximum absolute atomic E-state index is 12.0. The molecule has 1 fully saturated rings. The summed E-state index contributed by atoms with van der Waals surface area (Å²) in [6.45, 7) is 0.128. The van der Waals surface area contributed by atoms with Crippen molar-refractivity contribution in [2.45, 2.75) is 18.9 Å². The van der Waals surface area contributed by atoms with Crippen LogP contribution in [0, 0.1) is 0 Å². The Balaban J connectivity index is 1.81. The van der Waals surface area contributed by atoms with Crippen LogP contribution >= 0.6 is 15.9 Å². The number of hydrogen-bond acceptors (Lipinski definition) is 3. The first-order valence-electron chi connectivity index (χ1n) is 6.03. The van der Waals surface area contributed by atoms with Gasteiger partial charge in [-0.15, -0.1) is 0 Å². The number of nitrogens with zero attached hydrogens (tertiary/aromatic N) is 1. The SMILES string of the molecule is O=C(O)COCCNC(=O)c1cc(Br)cn1C1CC1. The number of carbonyl (C=O) groups is 2. The van der Waals surface area contributed by atoms with E-state index in [1.807, 2.05) is 10.8 Å². The number of hydrogen-bond donors (Lipinski definition) is 2. The quantitative estimate of drug-likeness (QED) is 0.741. The summed E-state index contributed by atoms with van der Waals surface area (Å²) < 4.78 is 7.70. The fourth-order valence-electron chi connectivity index (χ4n) is 1.77. The maximum Gasteiger partial charge on any atom is 0.329 e. The molecule has 1 saturated carbocycles. The monoisotopic (exact) mass is 330 g/mol. The number of ether oxygens (including phenoxy) is 1. The molecule has 1 aromatic rings. The van der Waals surface area contributed by atoms with Gasteiger partial charge in [0, 0.05) is 23.3 Å². The molecule has 6 nitrogen and oxygen atoms in total. The second kappa shape index (κ2) is 6.21. The number of amides is 1. The molecule has 2 N–H and O–H groups in total. The molecule has 0 radical (unpaired) electrons. The normalized spacial score (nSPS) is 14.4. The first-order chi connectivity index (χ1) is 9.08. The number of carboxylic acids is 1. The summed E-state index contributed by atoms with van der Waals surface area (Å²) in [7, 11) is 0. The molecule has 1 aromatic heterocycles. The fraction of sp³-hybridized carbons (Fsp3) is 0.500. The Hall–Kier alpha value is -1.34. The molecule has 2 rings (SSSR count). The van der Waals surface area contributed by atoms with E-state index >= 15 is 0 Å². The average molecular weight is 331 g/mol. The largest absolute Gasteiger partial charge is 0.480 e. The van der Waals surface area contributed by atoms with Crippen LogP contribution in [0.2, 0.25) is 0 Å². The van der Waals surface area contributed by atoms with Crippen LogP contribution in [0.5, 0.6) is 0 Å². The highest BCUT2D eigenvalue weighted by Crippen LogP contribution is 2.37. The minimum atomic E-state index is -1.02. The fourth-order valence-corrected chi connectivity index (χ4v) is 2.21. The Bertz CT molecular complexity index is 482. The first-order valence-corrected chi connectivity index (χ1v) is 6.82. The van der Waals surface area contributed by atoms with Gasteiger partial charge in [0.05, 0.1) is 6.61 Å². The van der Waals surface area contributed by atoms with Crippen molar-refractivity contribution in [3.8, 4) is 0 Å². The molecule has 1 aliphatic rings. The summed E-state index contributed by atoms with van der Waals surface area (Å²) in [6, 6.07) is 2.21. The number of aromatic nitrogens is 1. The van der Waals surface area contributed by atoms with E-state index in [-0.39, 0.29) is 19.1 Å². The maximum atomic E-state index is 12.0. The zero-order chi connectivity index (χ0) is 13.8. The predicted molar refractivity (Wildman–Crippen MR) is 71.2 cm³/mol. The Morgan fingerprint density at radius 2 is 2.26 bits per heavy atom. The number of carbonyl (C=O) groups excluding carboxylic acids is 1. The number of halogens is 1. The molecule has 0 aliphatic heterocycles. The van der Waals surface area contributed by atoms with Crippen LogP contribution in [0.4, 0.5) is 0 Å². The van der Waals surface area contributed by atoms with Crippen molar-refractivity contribution in [2.75, 3.05) is 19.8 Å². The molecular formula is C12H15BrN2O4. The molecule has 1 amide bonds. The smallest absolute Gasteiger partial charge is 0.329 e. The van der Waals surface area contributed by atoms with E-state index in [0.29, 0.717) is 18.3 Å². The standard InChI is InChI=1S/C12H15BrN2O4/c13-8-5-10(15(6-8)9-1-2-9)12(18)14-3-4-19-7-11(16)17/h5-6,9H,1-4,7H2,(H,14,18)(H,16,17). The molecule has 1 heterocycles. The van der Waals surface area contributed by atoms with Gasteiger partial charge < -0.3 is 19.7 Å². The molecule has 0 bridgehead atoms. The first kappa shape index (κ1) is 14.1. The third-order valence-corrected chi connectivity index (χ3v) is 3.18. The summed E-state index contributed by atoms with van der Waals surface area (Å²) in [6.07, 6.45) is 4.11. The average Bonchev–Trinajstić information content (AvgIpc) is 3.11. The molecule has 1 aliphatic carbocycles. The molecule has 0 aromatic carbocycles. The highest BCUT2D eigenvalue weighted by molar-refractivity contribution is 9.10. The van der Waals surface area contributed by atoms with Crippen LogP contribution in [0.25, 0.3) is 0 Å². The zero-order valence-electron chi connectivity index (χ0n) is 10.3. The topological polar surface area (TPSA) is 80.6 Å². The van der Waals surface area contributed by atoms with E-state index in [1.165, 1.54) is 0 Å². The number of nitrogens with one attached hydrogen (secondary N) is 1. The van der Waals surface area contributed by atoms with Crippen molar-refractivity contribution in [3.63, 3.8) is 0 Å². The van der Waals surface area contributed by atoms with Crippen LogP contribution in [-0.4, -0.2) is 41.3 Å². The molecule has 0 atom stereocenters. The lowest BCUT2D eigenvalue weighted by Gasteiger charge is -2.08. The second-order valence-corrected chi connectivity index (χ2v) is 5.30. The van der Waals surface area contributed by atoms with E-state index in [2.05, 4.69) is 21.2 Å². The van der Waals surface area contributed by atoms with Crippen molar-refractivity contribution in [3.05, 3.63) is 22.4 Å². The van der Waals surface area contributed by atoms with Crippen LogP contribution in [0.15, 0.2) is 16.7 Å². The van der Waals surface area contributed by atoms with Gasteiger partial charge in [0.1, 0.15) is 12.3 Å². The summed E-state index contributed by atoms with van der Waals surface area (Å²) in [5.41, 5.74) is 0.618. The molecule has 19 heavy (non-hydrogen) atoms. The van der Waals surface area contributed by atoms with Crippen LogP contribution < -0.4 is 5.32 Å². The lowest BCUT2D eigenvalue weighted by Crippen LogP contribution is -2.29. The van der Waals surface area contributed by atoms with Crippen molar-refractivity contribution in [2.24, 2.45) is 0 Å². The van der Waals surface area contributed by atoms with E-state index in [9.17, 15) is 9.59 Å². The van der Waals surface area contributed by atoms with Gasteiger partial charge in [0.15, 0.2) is 0 Å². The Kier molecular flexibility index (Phi) is 4.60. The number of rotatable bonds is 7. The Morgan fingerprint density at radius 3 is 2.89 bits per heavy atom. The molecule has 0 unspecified atom stereocenters. The van der Waals surface area contributed by atoms with Crippen molar-refractivity contribution < 1.29 is 19.4 Å². The van der Waals surface area contributed by atoms with Crippen molar-refractivity contribution in [1.82, 2.24) is 9.88 Å². The summed E-state index contributed by atoms with van der Waals surface area (Å²) >= 11 is 3.37. The van der Waals surface area contributed by atoms with Crippen molar-refractivity contribution >= 4 is 27.8 Å². The lowest BCUT2D eigenvalue weighted by atomic mass is 10.4. The van der Waals surface area contributed by atoms with Crippen LogP contribution in [0.1, 0.15) is 29.4 Å². The van der Waals surface area contributed by atoms with Crippen LogP contribution in [0.3, 0.4) is 0 Å². The minimum absolute atomic E-state index is 0.170.